The SMILES string of the molecule is COc1ccc(S(=O)(=O)CNc2nc(C)c(C(=O)O)s2)cc1. The van der Waals surface area contributed by atoms with Gasteiger partial charge in [-0.25, -0.2) is 18.2 Å². The maximum absolute atomic E-state index is 12.2. The van der Waals surface area contributed by atoms with Gasteiger partial charge in [0.05, 0.1) is 17.7 Å². The molecule has 0 amide bonds. The van der Waals surface area contributed by atoms with E-state index in [4.69, 9.17) is 9.84 Å². The lowest BCUT2D eigenvalue weighted by Crippen LogP contribution is -2.14. The normalized spacial score (nSPS) is 11.2. The summed E-state index contributed by atoms with van der Waals surface area (Å²) >= 11 is 0.903. The molecule has 1 heterocycles. The number of benzene rings is 1. The van der Waals surface area contributed by atoms with Crippen LogP contribution in [-0.2, 0) is 9.84 Å². The Bertz CT molecular complexity index is 781. The van der Waals surface area contributed by atoms with Gasteiger partial charge in [-0.3, -0.25) is 0 Å². The molecular formula is C13H14N2O5S2. The summed E-state index contributed by atoms with van der Waals surface area (Å²) in [4.78, 5) is 15.2. The summed E-state index contributed by atoms with van der Waals surface area (Å²) < 4.78 is 29.4. The van der Waals surface area contributed by atoms with E-state index >= 15 is 0 Å². The zero-order valence-corrected chi connectivity index (χ0v) is 13.5. The minimum absolute atomic E-state index is 0.0874. The van der Waals surface area contributed by atoms with E-state index in [2.05, 4.69) is 10.3 Å². The van der Waals surface area contributed by atoms with Gasteiger partial charge in [0.2, 0.25) is 0 Å². The number of nitrogens with one attached hydrogen (secondary N) is 1. The third-order valence-corrected chi connectivity index (χ3v) is 5.44. The van der Waals surface area contributed by atoms with Crippen LogP contribution in [0.2, 0.25) is 0 Å². The smallest absolute Gasteiger partial charge is 0.347 e. The van der Waals surface area contributed by atoms with Gasteiger partial charge < -0.3 is 15.2 Å². The summed E-state index contributed by atoms with van der Waals surface area (Å²) in [5, 5.41) is 11.9. The number of ether oxygens (including phenoxy) is 1. The molecule has 9 heteroatoms. The maximum atomic E-state index is 12.2. The van der Waals surface area contributed by atoms with Crippen molar-refractivity contribution in [3.05, 3.63) is 34.8 Å². The number of aromatic nitrogens is 1. The summed E-state index contributed by atoms with van der Waals surface area (Å²) in [6.07, 6.45) is 0. The standard InChI is InChI=1S/C13H14N2O5S2/c1-8-11(12(16)17)21-13(15-8)14-7-22(18,19)10-5-3-9(20-2)4-6-10/h3-6H,7H2,1-2H3,(H,14,15)(H,16,17). The zero-order chi connectivity index (χ0) is 16.3. The number of nitrogens with zero attached hydrogens (tertiary/aromatic N) is 1. The fourth-order valence-corrected chi connectivity index (χ4v) is 3.63. The average Bonchev–Trinajstić information content (AvgIpc) is 2.87. The van der Waals surface area contributed by atoms with Gasteiger partial charge in [-0.2, -0.15) is 0 Å². The third kappa shape index (κ3) is 3.55. The lowest BCUT2D eigenvalue weighted by molar-refractivity contribution is 0.0701. The topological polar surface area (TPSA) is 106 Å². The highest BCUT2D eigenvalue weighted by Crippen LogP contribution is 2.23. The first-order chi connectivity index (χ1) is 10.3. The van der Waals surface area contributed by atoms with Gasteiger partial charge in [-0.1, -0.05) is 11.3 Å². The second kappa shape index (κ2) is 6.32. The maximum Gasteiger partial charge on any atom is 0.347 e. The van der Waals surface area contributed by atoms with Crippen molar-refractivity contribution in [1.82, 2.24) is 4.98 Å². The number of carboxylic acids is 1. The molecule has 0 bridgehead atoms. The average molecular weight is 342 g/mol. The Morgan fingerprint density at radius 2 is 2.00 bits per heavy atom. The van der Waals surface area contributed by atoms with Crippen LogP contribution in [0.5, 0.6) is 5.75 Å². The molecule has 1 aromatic carbocycles. The molecule has 22 heavy (non-hydrogen) atoms. The molecule has 2 rings (SSSR count). The Balaban J connectivity index is 2.12. The molecule has 0 aliphatic carbocycles. The molecule has 118 valence electrons. The molecule has 0 spiro atoms. The lowest BCUT2D eigenvalue weighted by Gasteiger charge is -2.06. The molecule has 1 aromatic heterocycles. The van der Waals surface area contributed by atoms with Gasteiger partial charge in [0.25, 0.3) is 0 Å². The summed E-state index contributed by atoms with van der Waals surface area (Å²) in [6, 6.07) is 6.02. The highest BCUT2D eigenvalue weighted by Gasteiger charge is 2.18. The molecule has 0 unspecified atom stereocenters. The van der Waals surface area contributed by atoms with E-state index in [-0.39, 0.29) is 20.8 Å². The number of sulfone groups is 1. The molecule has 0 saturated carbocycles. The molecule has 0 radical (unpaired) electrons. The van der Waals surface area contributed by atoms with Gasteiger partial charge in [0.1, 0.15) is 16.5 Å². The number of aryl methyl sites for hydroxylation is 1. The van der Waals surface area contributed by atoms with E-state index in [9.17, 15) is 13.2 Å². The Labute approximate surface area is 131 Å². The molecule has 0 aliphatic rings. The lowest BCUT2D eigenvalue weighted by atomic mass is 10.3. The first-order valence-electron chi connectivity index (χ1n) is 6.15. The van der Waals surface area contributed by atoms with Crippen LogP contribution in [0.15, 0.2) is 29.2 Å². The number of anilines is 1. The number of hydrogen-bond donors (Lipinski definition) is 2. The molecule has 7 nitrogen and oxygen atoms in total. The molecular weight excluding hydrogens is 328 g/mol. The fourth-order valence-electron chi connectivity index (χ4n) is 1.69. The molecule has 2 N–H and O–H groups in total. The van der Waals surface area contributed by atoms with Crippen molar-refractivity contribution < 1.29 is 23.1 Å². The van der Waals surface area contributed by atoms with Gasteiger partial charge in [-0.05, 0) is 31.2 Å². The first-order valence-corrected chi connectivity index (χ1v) is 8.62. The highest BCUT2D eigenvalue weighted by atomic mass is 32.2. The number of aromatic carboxylic acids is 1. The van der Waals surface area contributed by atoms with Crippen LogP contribution in [-0.4, -0.2) is 37.5 Å². The van der Waals surface area contributed by atoms with E-state index in [0.29, 0.717) is 11.4 Å². The van der Waals surface area contributed by atoms with E-state index in [1.165, 1.54) is 19.2 Å². The van der Waals surface area contributed by atoms with Crippen molar-refractivity contribution in [3.63, 3.8) is 0 Å². The van der Waals surface area contributed by atoms with E-state index in [1.54, 1.807) is 19.1 Å². The number of carbonyl (C=O) groups is 1. The predicted octanol–water partition coefficient (Wildman–Crippen LogP) is 2.00. The number of hydrogen-bond acceptors (Lipinski definition) is 7. The van der Waals surface area contributed by atoms with Crippen molar-refractivity contribution in [2.75, 3.05) is 18.3 Å². The monoisotopic (exact) mass is 342 g/mol. The number of carboxylic acid groups (broad SMARTS) is 1. The van der Waals surface area contributed by atoms with Crippen molar-refractivity contribution in [2.45, 2.75) is 11.8 Å². The van der Waals surface area contributed by atoms with E-state index in [1.807, 2.05) is 0 Å². The van der Waals surface area contributed by atoms with Crippen LogP contribution in [0.4, 0.5) is 5.13 Å². The molecule has 0 atom stereocenters. The van der Waals surface area contributed by atoms with Crippen LogP contribution in [0.25, 0.3) is 0 Å². The molecule has 0 fully saturated rings. The third-order valence-electron chi connectivity index (χ3n) is 2.82. The number of methoxy groups -OCH3 is 1. The second-order valence-electron chi connectivity index (χ2n) is 4.35. The van der Waals surface area contributed by atoms with Crippen LogP contribution >= 0.6 is 11.3 Å². The van der Waals surface area contributed by atoms with Crippen LogP contribution in [0.3, 0.4) is 0 Å². The van der Waals surface area contributed by atoms with Crippen molar-refractivity contribution in [1.29, 1.82) is 0 Å². The Hall–Kier alpha value is -2.13. The van der Waals surface area contributed by atoms with Crippen LogP contribution < -0.4 is 10.1 Å². The van der Waals surface area contributed by atoms with Gasteiger partial charge in [0.15, 0.2) is 15.0 Å². The largest absolute Gasteiger partial charge is 0.497 e. The highest BCUT2D eigenvalue weighted by molar-refractivity contribution is 7.91. The van der Waals surface area contributed by atoms with Crippen molar-refractivity contribution in [3.8, 4) is 5.75 Å². The molecule has 0 aliphatic heterocycles. The first kappa shape index (κ1) is 16.2. The molecule has 0 saturated heterocycles. The minimum atomic E-state index is -3.55. The van der Waals surface area contributed by atoms with Crippen molar-refractivity contribution in [2.24, 2.45) is 0 Å². The molecule has 2 aromatic rings. The Morgan fingerprint density at radius 3 is 2.50 bits per heavy atom. The number of thiazole rings is 1. The van der Waals surface area contributed by atoms with E-state index in [0.717, 1.165) is 11.3 Å². The zero-order valence-electron chi connectivity index (χ0n) is 11.9. The summed E-state index contributed by atoms with van der Waals surface area (Å²) in [6.45, 7) is 1.56. The van der Waals surface area contributed by atoms with Crippen molar-refractivity contribution >= 4 is 32.3 Å². The predicted molar refractivity (Wildman–Crippen MR) is 82.5 cm³/mol. The van der Waals surface area contributed by atoms with Crippen LogP contribution in [0, 0.1) is 6.92 Å². The van der Waals surface area contributed by atoms with Gasteiger partial charge in [-0.15, -0.1) is 0 Å². The quantitative estimate of drug-likeness (QED) is 0.827. The van der Waals surface area contributed by atoms with Gasteiger partial charge >= 0.3 is 5.97 Å². The van der Waals surface area contributed by atoms with Gasteiger partial charge in [0, 0.05) is 0 Å². The summed E-state index contributed by atoms with van der Waals surface area (Å²) in [7, 11) is -2.06. The van der Waals surface area contributed by atoms with Crippen LogP contribution in [0.1, 0.15) is 15.4 Å². The number of rotatable bonds is 6. The summed E-state index contributed by atoms with van der Waals surface area (Å²) in [5.41, 5.74) is 0.349. The minimum Gasteiger partial charge on any atom is -0.497 e. The fraction of sp³-hybridized carbons (Fsp3) is 0.231. The Kier molecular flexibility index (Phi) is 4.67. The van der Waals surface area contributed by atoms with E-state index < -0.39 is 15.8 Å². The summed E-state index contributed by atoms with van der Waals surface area (Å²) in [5.74, 6) is -0.889. The Morgan fingerprint density at radius 1 is 1.36 bits per heavy atom. The second-order valence-corrected chi connectivity index (χ2v) is 7.34.